The van der Waals surface area contributed by atoms with E-state index in [1.165, 1.54) is 42.3 Å². The van der Waals surface area contributed by atoms with E-state index in [1.54, 1.807) is 62.4 Å². The molecule has 0 saturated heterocycles. The molecule has 11 nitrogen and oxygen atoms in total. The van der Waals surface area contributed by atoms with Crippen molar-refractivity contribution in [1.29, 1.82) is 0 Å². The maximum Gasteiger partial charge on any atom is 0.338 e. The molecular formula is C32H29N3O8S. The number of hydrogen-bond acceptors (Lipinski definition) is 10. The minimum Gasteiger partial charge on any atom is -0.493 e. The Hall–Kier alpha value is -5.23. The summed E-state index contributed by atoms with van der Waals surface area (Å²) in [4.78, 5) is 42.6. The van der Waals surface area contributed by atoms with Gasteiger partial charge in [-0.3, -0.25) is 19.5 Å². The number of nitro benzene ring substituents is 1. The molecule has 0 aliphatic carbocycles. The number of nitrogens with zero attached hydrogens (tertiary/aromatic N) is 3. The van der Waals surface area contributed by atoms with Crippen molar-refractivity contribution < 1.29 is 28.7 Å². The molecule has 0 radical (unpaired) electrons. The van der Waals surface area contributed by atoms with Crippen LogP contribution in [0, 0.1) is 10.1 Å². The molecule has 12 heteroatoms. The first-order valence-electron chi connectivity index (χ1n) is 13.6. The third-order valence-electron chi connectivity index (χ3n) is 6.95. The fraction of sp³-hybridized carbons (Fsp3) is 0.219. The summed E-state index contributed by atoms with van der Waals surface area (Å²) in [5, 5.41) is 10.9. The third-order valence-corrected chi connectivity index (χ3v) is 7.93. The van der Waals surface area contributed by atoms with Crippen LogP contribution in [0.3, 0.4) is 0 Å². The van der Waals surface area contributed by atoms with Crippen molar-refractivity contribution >= 4 is 29.1 Å². The van der Waals surface area contributed by atoms with Crippen molar-refractivity contribution in [2.45, 2.75) is 26.5 Å². The predicted molar refractivity (Wildman–Crippen MR) is 164 cm³/mol. The van der Waals surface area contributed by atoms with E-state index in [0.717, 1.165) is 11.1 Å². The SMILES string of the molecule is CCOC(=O)C1=C(C)N=c2s/c(=C\c3cccc(OCc4ccc([N+](=O)[O-])cc4)c3)c(=O)n2[C@H]1c1ccc(OC)c(OC)c1. The summed E-state index contributed by atoms with van der Waals surface area (Å²) in [6, 6.07) is 17.8. The molecule has 0 unspecified atom stereocenters. The smallest absolute Gasteiger partial charge is 0.338 e. The van der Waals surface area contributed by atoms with Crippen LogP contribution >= 0.6 is 11.3 Å². The van der Waals surface area contributed by atoms with Gasteiger partial charge in [-0.05, 0) is 73.0 Å². The number of benzene rings is 3. The molecule has 0 spiro atoms. The van der Waals surface area contributed by atoms with Gasteiger partial charge in [0, 0.05) is 12.1 Å². The minimum atomic E-state index is -0.802. The van der Waals surface area contributed by atoms with Crippen molar-refractivity contribution in [3.05, 3.63) is 124 Å². The van der Waals surface area contributed by atoms with Gasteiger partial charge < -0.3 is 18.9 Å². The van der Waals surface area contributed by atoms with Gasteiger partial charge in [0.05, 0.1) is 47.6 Å². The van der Waals surface area contributed by atoms with Crippen molar-refractivity contribution in [1.82, 2.24) is 4.57 Å². The van der Waals surface area contributed by atoms with E-state index in [1.807, 2.05) is 12.1 Å². The first-order valence-corrected chi connectivity index (χ1v) is 14.4. The maximum atomic E-state index is 14.0. The Kier molecular flexibility index (Phi) is 8.91. The Balaban J connectivity index is 1.53. The van der Waals surface area contributed by atoms with Gasteiger partial charge in [-0.25, -0.2) is 9.79 Å². The molecule has 0 saturated carbocycles. The Labute approximate surface area is 256 Å². The molecule has 226 valence electrons. The van der Waals surface area contributed by atoms with Crippen LogP contribution in [0.4, 0.5) is 5.69 Å². The number of rotatable bonds is 10. The van der Waals surface area contributed by atoms with Crippen LogP contribution in [0.2, 0.25) is 0 Å². The van der Waals surface area contributed by atoms with Crippen LogP contribution in [-0.2, 0) is 16.1 Å². The number of non-ortho nitro benzene ring substituents is 1. The topological polar surface area (TPSA) is 131 Å². The lowest BCUT2D eigenvalue weighted by atomic mass is 9.95. The average molecular weight is 616 g/mol. The Morgan fingerprint density at radius 1 is 1.07 bits per heavy atom. The minimum absolute atomic E-state index is 0.00940. The van der Waals surface area contributed by atoms with E-state index in [4.69, 9.17) is 18.9 Å². The van der Waals surface area contributed by atoms with Gasteiger partial charge in [0.25, 0.3) is 11.2 Å². The number of fused-ring (bicyclic) bond motifs is 1. The number of carbonyl (C=O) groups is 1. The van der Waals surface area contributed by atoms with Crippen molar-refractivity contribution in [3.8, 4) is 17.2 Å². The lowest BCUT2D eigenvalue weighted by Gasteiger charge is -2.25. The summed E-state index contributed by atoms with van der Waals surface area (Å²) in [6.45, 7) is 3.83. The highest BCUT2D eigenvalue weighted by molar-refractivity contribution is 7.07. The monoisotopic (exact) mass is 615 g/mol. The molecule has 1 aromatic heterocycles. The number of nitro groups is 1. The second-order valence-corrected chi connectivity index (χ2v) is 10.7. The molecule has 1 aliphatic rings. The molecule has 3 aromatic carbocycles. The van der Waals surface area contributed by atoms with Gasteiger partial charge in [0.1, 0.15) is 12.4 Å². The highest BCUT2D eigenvalue weighted by Crippen LogP contribution is 2.36. The molecule has 1 atom stereocenters. The highest BCUT2D eigenvalue weighted by Gasteiger charge is 2.34. The van der Waals surface area contributed by atoms with Crippen molar-refractivity contribution in [3.63, 3.8) is 0 Å². The van der Waals surface area contributed by atoms with Crippen LogP contribution < -0.4 is 29.1 Å². The molecule has 0 bridgehead atoms. The average Bonchev–Trinajstić information content (AvgIpc) is 3.33. The van der Waals surface area contributed by atoms with Crippen LogP contribution in [0.1, 0.15) is 36.6 Å². The van der Waals surface area contributed by atoms with Crippen molar-refractivity contribution in [2.24, 2.45) is 4.99 Å². The van der Waals surface area contributed by atoms with Gasteiger partial charge in [0.15, 0.2) is 16.3 Å². The first kappa shape index (κ1) is 30.2. The number of methoxy groups -OCH3 is 2. The Bertz CT molecular complexity index is 1940. The molecule has 2 heterocycles. The normalized spacial score (nSPS) is 14.5. The molecule has 0 N–H and O–H groups in total. The zero-order valence-corrected chi connectivity index (χ0v) is 25.3. The summed E-state index contributed by atoms with van der Waals surface area (Å²) in [7, 11) is 3.05. The molecule has 5 rings (SSSR count). The van der Waals surface area contributed by atoms with Gasteiger partial charge in [-0.1, -0.05) is 29.5 Å². The number of esters is 1. The first-order chi connectivity index (χ1) is 21.2. The standard InChI is InChI=1S/C32H29N3O8S/c1-5-42-31(37)28-19(2)33-32-34(29(28)22-11-14-25(40-3)26(17-22)41-4)30(36)27(44-32)16-21-7-6-8-24(15-21)43-18-20-9-12-23(13-10-20)35(38)39/h6-17,29H,5,18H2,1-4H3/b27-16-/t29-/m0/s1. The predicted octanol–water partition coefficient (Wildman–Crippen LogP) is 4.30. The van der Waals surface area contributed by atoms with Crippen LogP contribution in [-0.4, -0.2) is 36.3 Å². The van der Waals surface area contributed by atoms with E-state index in [2.05, 4.69) is 4.99 Å². The zero-order valence-electron chi connectivity index (χ0n) is 24.4. The number of carbonyl (C=O) groups excluding carboxylic acids is 1. The second-order valence-electron chi connectivity index (χ2n) is 9.70. The molecule has 4 aromatic rings. The van der Waals surface area contributed by atoms with Crippen LogP contribution in [0.25, 0.3) is 6.08 Å². The van der Waals surface area contributed by atoms with E-state index >= 15 is 0 Å². The second kappa shape index (κ2) is 13.0. The maximum absolute atomic E-state index is 14.0. The van der Waals surface area contributed by atoms with E-state index in [9.17, 15) is 19.7 Å². The number of thiazole rings is 1. The molecule has 44 heavy (non-hydrogen) atoms. The molecule has 0 amide bonds. The number of allylic oxidation sites excluding steroid dienone is 1. The summed E-state index contributed by atoms with van der Waals surface area (Å²) in [5.74, 6) is 0.975. The summed E-state index contributed by atoms with van der Waals surface area (Å²) < 4.78 is 24.1. The summed E-state index contributed by atoms with van der Waals surface area (Å²) in [5.41, 5.74) is 2.54. The molecule has 0 fully saturated rings. The van der Waals surface area contributed by atoms with Gasteiger partial charge >= 0.3 is 5.97 Å². The van der Waals surface area contributed by atoms with E-state index < -0.39 is 16.9 Å². The van der Waals surface area contributed by atoms with Gasteiger partial charge in [0.2, 0.25) is 0 Å². The van der Waals surface area contributed by atoms with Gasteiger partial charge in [-0.2, -0.15) is 0 Å². The lowest BCUT2D eigenvalue weighted by Crippen LogP contribution is -2.39. The van der Waals surface area contributed by atoms with E-state index in [-0.39, 0.29) is 30.0 Å². The largest absolute Gasteiger partial charge is 0.493 e. The van der Waals surface area contributed by atoms with Crippen LogP contribution in [0.15, 0.2) is 87.8 Å². The van der Waals surface area contributed by atoms with E-state index in [0.29, 0.717) is 37.8 Å². The third kappa shape index (κ3) is 6.11. The fourth-order valence-electron chi connectivity index (χ4n) is 4.86. The lowest BCUT2D eigenvalue weighted by molar-refractivity contribution is -0.384. The Morgan fingerprint density at radius 2 is 1.82 bits per heavy atom. The summed E-state index contributed by atoms with van der Waals surface area (Å²) >= 11 is 1.21. The quantitative estimate of drug-likeness (QED) is 0.147. The fourth-order valence-corrected chi connectivity index (χ4v) is 5.90. The van der Waals surface area contributed by atoms with Gasteiger partial charge in [-0.15, -0.1) is 0 Å². The highest BCUT2D eigenvalue weighted by atomic mass is 32.1. The number of aromatic nitrogens is 1. The van der Waals surface area contributed by atoms with Crippen molar-refractivity contribution in [2.75, 3.05) is 20.8 Å². The summed E-state index contributed by atoms with van der Waals surface area (Å²) in [6.07, 6.45) is 1.75. The van der Waals surface area contributed by atoms with Crippen LogP contribution in [0.5, 0.6) is 17.2 Å². The Morgan fingerprint density at radius 3 is 2.50 bits per heavy atom. The molecular weight excluding hydrogens is 586 g/mol. The number of ether oxygens (including phenoxy) is 4. The molecule has 1 aliphatic heterocycles. The number of hydrogen-bond donors (Lipinski definition) is 0. The zero-order chi connectivity index (χ0) is 31.4.